The number of phenols is 1. The Bertz CT molecular complexity index is 719. The molecule has 1 heterocycles. The molecule has 0 amide bonds. The summed E-state index contributed by atoms with van der Waals surface area (Å²) >= 11 is 0. The number of carbonyl (C=O) groups is 1. The quantitative estimate of drug-likeness (QED) is 0.884. The van der Waals surface area contributed by atoms with Crippen LogP contribution in [0.4, 0.5) is 0 Å². The van der Waals surface area contributed by atoms with Crippen molar-refractivity contribution < 1.29 is 19.4 Å². The van der Waals surface area contributed by atoms with E-state index in [9.17, 15) is 9.90 Å². The number of esters is 1. The van der Waals surface area contributed by atoms with Gasteiger partial charge in [0.1, 0.15) is 11.5 Å². The van der Waals surface area contributed by atoms with E-state index in [1.54, 1.807) is 12.3 Å². The van der Waals surface area contributed by atoms with Crippen LogP contribution in [0.1, 0.15) is 22.6 Å². The minimum atomic E-state index is -0.373. The fourth-order valence-corrected chi connectivity index (χ4v) is 2.67. The molecule has 0 saturated carbocycles. The third-order valence-electron chi connectivity index (χ3n) is 3.69. The van der Waals surface area contributed by atoms with Crippen molar-refractivity contribution in [2.24, 2.45) is 0 Å². The van der Waals surface area contributed by atoms with E-state index in [-0.39, 0.29) is 24.1 Å². The molecule has 4 heteroatoms. The first kappa shape index (κ1) is 14.2. The van der Waals surface area contributed by atoms with Gasteiger partial charge in [-0.15, -0.1) is 0 Å². The van der Waals surface area contributed by atoms with Gasteiger partial charge in [-0.25, -0.2) is 0 Å². The summed E-state index contributed by atoms with van der Waals surface area (Å²) in [4.78, 5) is 11.6. The SMILES string of the molecule is COC(=O)Cc1cc(O)cc2c1OC=CC2c1ccccc1. The highest BCUT2D eigenvalue weighted by Gasteiger charge is 2.24. The Balaban J connectivity index is 2.07. The Labute approximate surface area is 128 Å². The molecule has 112 valence electrons. The Morgan fingerprint density at radius 1 is 1.27 bits per heavy atom. The predicted molar refractivity (Wildman–Crippen MR) is 81.9 cm³/mol. The maximum absolute atomic E-state index is 11.6. The van der Waals surface area contributed by atoms with Crippen LogP contribution in [0.3, 0.4) is 0 Å². The van der Waals surface area contributed by atoms with Crippen molar-refractivity contribution in [2.75, 3.05) is 7.11 Å². The molecule has 0 aromatic heterocycles. The molecule has 1 aliphatic rings. The molecule has 0 aliphatic carbocycles. The summed E-state index contributed by atoms with van der Waals surface area (Å²) in [6.07, 6.45) is 3.61. The summed E-state index contributed by atoms with van der Waals surface area (Å²) in [7, 11) is 1.34. The monoisotopic (exact) mass is 296 g/mol. The molecule has 0 radical (unpaired) electrons. The van der Waals surface area contributed by atoms with Crippen molar-refractivity contribution >= 4 is 5.97 Å². The van der Waals surface area contributed by atoms with Crippen LogP contribution in [0.25, 0.3) is 0 Å². The number of benzene rings is 2. The van der Waals surface area contributed by atoms with Gasteiger partial charge in [-0.3, -0.25) is 4.79 Å². The van der Waals surface area contributed by atoms with Crippen LogP contribution >= 0.6 is 0 Å². The second-order valence-electron chi connectivity index (χ2n) is 5.11. The Morgan fingerprint density at radius 3 is 2.77 bits per heavy atom. The van der Waals surface area contributed by atoms with E-state index in [2.05, 4.69) is 0 Å². The van der Waals surface area contributed by atoms with Crippen molar-refractivity contribution in [3.05, 3.63) is 71.5 Å². The lowest BCUT2D eigenvalue weighted by atomic mass is 9.87. The van der Waals surface area contributed by atoms with Gasteiger partial charge < -0.3 is 14.6 Å². The summed E-state index contributed by atoms with van der Waals surface area (Å²) < 4.78 is 10.3. The van der Waals surface area contributed by atoms with Gasteiger partial charge in [0.2, 0.25) is 0 Å². The van der Waals surface area contributed by atoms with Crippen LogP contribution in [0.2, 0.25) is 0 Å². The summed E-state index contributed by atoms with van der Waals surface area (Å²) in [5, 5.41) is 9.99. The molecule has 0 saturated heterocycles. The minimum absolute atomic E-state index is 0.0200. The standard InChI is InChI=1S/C18H16O4/c1-21-17(20)10-13-9-14(19)11-16-15(7-8-22-18(13)16)12-5-3-2-4-6-12/h2-9,11,15,19H,10H2,1H3. The number of carbonyl (C=O) groups excluding carboxylic acids is 1. The second-order valence-corrected chi connectivity index (χ2v) is 5.11. The van der Waals surface area contributed by atoms with Gasteiger partial charge in [0, 0.05) is 17.0 Å². The highest BCUT2D eigenvalue weighted by Crippen LogP contribution is 2.41. The highest BCUT2D eigenvalue weighted by molar-refractivity contribution is 5.74. The van der Waals surface area contributed by atoms with Gasteiger partial charge in [0.05, 0.1) is 19.8 Å². The number of rotatable bonds is 3. The Kier molecular flexibility index (Phi) is 3.83. The van der Waals surface area contributed by atoms with Gasteiger partial charge >= 0.3 is 5.97 Å². The summed E-state index contributed by atoms with van der Waals surface area (Å²) in [5.74, 6) is 0.327. The van der Waals surface area contributed by atoms with Gasteiger partial charge in [0.15, 0.2) is 0 Å². The van der Waals surface area contributed by atoms with Crippen LogP contribution < -0.4 is 4.74 Å². The van der Waals surface area contributed by atoms with E-state index in [1.807, 2.05) is 36.4 Å². The zero-order valence-electron chi connectivity index (χ0n) is 12.2. The van der Waals surface area contributed by atoms with Gasteiger partial charge in [-0.05, 0) is 23.8 Å². The average Bonchev–Trinajstić information content (AvgIpc) is 2.55. The number of hydrogen-bond donors (Lipinski definition) is 1. The molecule has 22 heavy (non-hydrogen) atoms. The molecular formula is C18H16O4. The van der Waals surface area contributed by atoms with Gasteiger partial charge in [-0.1, -0.05) is 30.3 Å². The normalized spacial score (nSPS) is 15.8. The minimum Gasteiger partial charge on any atom is -0.508 e. The second kappa shape index (κ2) is 5.93. The van der Waals surface area contributed by atoms with E-state index in [0.29, 0.717) is 11.3 Å². The van der Waals surface area contributed by atoms with Crippen LogP contribution in [-0.2, 0) is 16.0 Å². The van der Waals surface area contributed by atoms with Gasteiger partial charge in [-0.2, -0.15) is 0 Å². The first-order valence-electron chi connectivity index (χ1n) is 7.00. The molecule has 0 fully saturated rings. The third kappa shape index (κ3) is 2.68. The highest BCUT2D eigenvalue weighted by atomic mass is 16.5. The molecule has 2 aromatic rings. The fraction of sp³-hybridized carbons (Fsp3) is 0.167. The number of allylic oxidation sites excluding steroid dienone is 1. The van der Waals surface area contributed by atoms with Crippen LogP contribution in [0.5, 0.6) is 11.5 Å². The van der Waals surface area contributed by atoms with E-state index in [0.717, 1.165) is 11.1 Å². The Morgan fingerprint density at radius 2 is 2.05 bits per heavy atom. The van der Waals surface area contributed by atoms with Crippen LogP contribution in [0.15, 0.2) is 54.8 Å². The van der Waals surface area contributed by atoms with E-state index < -0.39 is 0 Å². The number of fused-ring (bicyclic) bond motifs is 1. The maximum atomic E-state index is 11.6. The summed E-state index contributed by atoms with van der Waals surface area (Å²) in [5.41, 5.74) is 2.55. The number of aromatic hydroxyl groups is 1. The molecule has 2 aromatic carbocycles. The molecule has 1 unspecified atom stereocenters. The topological polar surface area (TPSA) is 55.8 Å². The average molecular weight is 296 g/mol. The molecular weight excluding hydrogens is 280 g/mol. The number of ether oxygens (including phenoxy) is 2. The van der Waals surface area contributed by atoms with Crippen molar-refractivity contribution in [3.8, 4) is 11.5 Å². The largest absolute Gasteiger partial charge is 0.508 e. The third-order valence-corrected chi connectivity index (χ3v) is 3.69. The summed E-state index contributed by atoms with van der Waals surface area (Å²) in [6, 6.07) is 13.2. The van der Waals surface area contributed by atoms with E-state index in [4.69, 9.17) is 9.47 Å². The fourth-order valence-electron chi connectivity index (χ4n) is 2.67. The molecule has 3 rings (SSSR count). The van der Waals surface area contributed by atoms with E-state index >= 15 is 0 Å². The zero-order valence-corrected chi connectivity index (χ0v) is 12.2. The lowest BCUT2D eigenvalue weighted by Gasteiger charge is -2.23. The molecule has 0 bridgehead atoms. The van der Waals surface area contributed by atoms with Gasteiger partial charge in [0.25, 0.3) is 0 Å². The van der Waals surface area contributed by atoms with Crippen LogP contribution in [-0.4, -0.2) is 18.2 Å². The first-order valence-corrected chi connectivity index (χ1v) is 7.00. The number of phenolic OH excluding ortho intramolecular Hbond substituents is 1. The molecule has 0 spiro atoms. The zero-order chi connectivity index (χ0) is 15.5. The van der Waals surface area contributed by atoms with Crippen LogP contribution in [0, 0.1) is 0 Å². The lowest BCUT2D eigenvalue weighted by Crippen LogP contribution is -2.11. The number of hydrogen-bond acceptors (Lipinski definition) is 4. The van der Waals surface area contributed by atoms with E-state index in [1.165, 1.54) is 13.2 Å². The molecule has 4 nitrogen and oxygen atoms in total. The van der Waals surface area contributed by atoms with Crippen molar-refractivity contribution in [3.63, 3.8) is 0 Å². The first-order chi connectivity index (χ1) is 10.7. The Hall–Kier alpha value is -2.75. The smallest absolute Gasteiger partial charge is 0.310 e. The predicted octanol–water partition coefficient (Wildman–Crippen LogP) is 3.15. The van der Waals surface area contributed by atoms with Crippen molar-refractivity contribution in [1.82, 2.24) is 0 Å². The lowest BCUT2D eigenvalue weighted by molar-refractivity contribution is -0.139. The molecule has 1 N–H and O–H groups in total. The molecule has 1 aliphatic heterocycles. The molecule has 1 atom stereocenters. The van der Waals surface area contributed by atoms with Crippen molar-refractivity contribution in [2.45, 2.75) is 12.3 Å². The summed E-state index contributed by atoms with van der Waals surface area (Å²) in [6.45, 7) is 0. The van der Waals surface area contributed by atoms with Crippen molar-refractivity contribution in [1.29, 1.82) is 0 Å². The maximum Gasteiger partial charge on any atom is 0.310 e. The number of methoxy groups -OCH3 is 1.